The predicted molar refractivity (Wildman–Crippen MR) is 129 cm³/mol. The molecule has 0 aliphatic carbocycles. The average Bonchev–Trinajstić information content (AvgIpc) is 2.80. The van der Waals surface area contributed by atoms with Crippen LogP contribution in [0.25, 0.3) is 21.7 Å². The molecule has 2 aromatic carbocycles. The Kier molecular flexibility index (Phi) is 5.82. The van der Waals surface area contributed by atoms with Crippen LogP contribution in [0.1, 0.15) is 30.0 Å². The molecule has 158 valence electrons. The molecule has 1 saturated heterocycles. The molecule has 0 amide bonds. The van der Waals surface area contributed by atoms with Gasteiger partial charge in [-0.1, -0.05) is 24.3 Å². The summed E-state index contributed by atoms with van der Waals surface area (Å²) in [7, 11) is 0. The van der Waals surface area contributed by atoms with Gasteiger partial charge in [-0.2, -0.15) is 0 Å². The van der Waals surface area contributed by atoms with Crippen molar-refractivity contribution in [3.63, 3.8) is 0 Å². The van der Waals surface area contributed by atoms with Crippen LogP contribution in [0.2, 0.25) is 0 Å². The van der Waals surface area contributed by atoms with Crippen molar-refractivity contribution in [1.29, 1.82) is 0 Å². The second kappa shape index (κ2) is 8.73. The van der Waals surface area contributed by atoms with E-state index in [9.17, 15) is 4.79 Å². The first kappa shape index (κ1) is 20.7. The zero-order valence-corrected chi connectivity index (χ0v) is 19.6. The van der Waals surface area contributed by atoms with E-state index in [0.717, 1.165) is 49.8 Å². The second-order valence-electron chi connectivity index (χ2n) is 7.79. The van der Waals surface area contributed by atoms with E-state index in [1.165, 1.54) is 0 Å². The summed E-state index contributed by atoms with van der Waals surface area (Å²) >= 11 is 5.23. The van der Waals surface area contributed by atoms with Crippen molar-refractivity contribution in [1.82, 2.24) is 14.5 Å². The molecule has 0 atom stereocenters. The number of benzene rings is 2. The SMILES string of the molecule is CSc1ncc(Cc2cc3c(=O)n(C4CCOCC4)cnc3c3ccccc23)cc1Br. The van der Waals surface area contributed by atoms with Crippen LogP contribution in [0.5, 0.6) is 0 Å². The first-order valence-electron chi connectivity index (χ1n) is 10.3. The van der Waals surface area contributed by atoms with Gasteiger partial charge in [0, 0.05) is 30.8 Å². The molecule has 4 aromatic rings. The Bertz CT molecular complexity index is 1330. The van der Waals surface area contributed by atoms with Gasteiger partial charge in [0.15, 0.2) is 0 Å². The molecule has 0 N–H and O–H groups in total. The number of halogens is 1. The first-order valence-corrected chi connectivity index (χ1v) is 12.3. The maximum atomic E-state index is 13.5. The van der Waals surface area contributed by atoms with Crippen LogP contribution in [0.4, 0.5) is 0 Å². The predicted octanol–water partition coefficient (Wildman–Crippen LogP) is 5.37. The van der Waals surface area contributed by atoms with Gasteiger partial charge in [-0.25, -0.2) is 9.97 Å². The Hall–Kier alpha value is -2.22. The molecule has 0 saturated carbocycles. The fourth-order valence-corrected chi connectivity index (χ4v) is 5.64. The van der Waals surface area contributed by atoms with Gasteiger partial charge in [0.1, 0.15) is 5.03 Å². The summed E-state index contributed by atoms with van der Waals surface area (Å²) in [5.41, 5.74) is 3.01. The maximum Gasteiger partial charge on any atom is 0.261 e. The van der Waals surface area contributed by atoms with Crippen molar-refractivity contribution in [2.45, 2.75) is 30.3 Å². The maximum absolute atomic E-state index is 13.5. The van der Waals surface area contributed by atoms with Gasteiger partial charge in [-0.15, -0.1) is 11.8 Å². The van der Waals surface area contributed by atoms with Crippen molar-refractivity contribution >= 4 is 49.4 Å². The highest BCUT2D eigenvalue weighted by Crippen LogP contribution is 2.30. The average molecular weight is 496 g/mol. The monoisotopic (exact) mass is 495 g/mol. The molecule has 1 aliphatic rings. The molecule has 3 heterocycles. The number of pyridine rings is 1. The molecular weight excluding hydrogens is 474 g/mol. The standard InChI is InChI=1S/C24H22BrN3O2S/c1-31-23-21(25)11-15(13-26-23)10-16-12-20-22(19-5-3-2-4-18(16)19)27-14-28(24(20)29)17-6-8-30-9-7-17/h2-5,11-14,17H,6-10H2,1H3. The third-order valence-electron chi connectivity index (χ3n) is 5.91. The Morgan fingerprint density at radius 1 is 1.13 bits per heavy atom. The van der Waals surface area contributed by atoms with E-state index < -0.39 is 0 Å². The van der Waals surface area contributed by atoms with Gasteiger partial charge in [0.25, 0.3) is 5.56 Å². The minimum Gasteiger partial charge on any atom is -0.381 e. The summed E-state index contributed by atoms with van der Waals surface area (Å²) in [5.74, 6) is 0. The first-order chi connectivity index (χ1) is 15.2. The molecule has 7 heteroatoms. The molecule has 5 rings (SSSR count). The van der Waals surface area contributed by atoms with Crippen LogP contribution in [-0.2, 0) is 11.2 Å². The Labute approximate surface area is 193 Å². The van der Waals surface area contributed by atoms with E-state index in [-0.39, 0.29) is 11.6 Å². The fraction of sp³-hybridized carbons (Fsp3) is 0.292. The molecule has 31 heavy (non-hydrogen) atoms. The number of fused-ring (bicyclic) bond motifs is 3. The molecule has 0 spiro atoms. The zero-order valence-electron chi connectivity index (χ0n) is 17.2. The van der Waals surface area contributed by atoms with E-state index in [2.05, 4.69) is 39.1 Å². The number of rotatable bonds is 4. The summed E-state index contributed by atoms with van der Waals surface area (Å²) in [6.45, 7) is 1.37. The number of thioether (sulfide) groups is 1. The molecule has 0 unspecified atom stereocenters. The number of hydrogen-bond acceptors (Lipinski definition) is 5. The van der Waals surface area contributed by atoms with Crippen molar-refractivity contribution in [2.24, 2.45) is 0 Å². The minimum absolute atomic E-state index is 0.0286. The van der Waals surface area contributed by atoms with Gasteiger partial charge in [-0.05, 0) is 70.1 Å². The summed E-state index contributed by atoms with van der Waals surface area (Å²) in [6, 6.07) is 12.5. The van der Waals surface area contributed by atoms with Crippen LogP contribution >= 0.6 is 27.7 Å². The number of ether oxygens (including phenoxy) is 1. The molecule has 2 aromatic heterocycles. The van der Waals surface area contributed by atoms with Gasteiger partial charge in [0.05, 0.1) is 21.7 Å². The number of aromatic nitrogens is 3. The third kappa shape index (κ3) is 3.90. The lowest BCUT2D eigenvalue weighted by Crippen LogP contribution is -2.29. The molecule has 5 nitrogen and oxygen atoms in total. The highest BCUT2D eigenvalue weighted by Gasteiger charge is 2.19. The summed E-state index contributed by atoms with van der Waals surface area (Å²) in [4.78, 5) is 22.8. The number of hydrogen-bond donors (Lipinski definition) is 0. The Morgan fingerprint density at radius 2 is 1.90 bits per heavy atom. The molecule has 1 aliphatic heterocycles. The highest BCUT2D eigenvalue weighted by atomic mass is 79.9. The number of nitrogens with zero attached hydrogens (tertiary/aromatic N) is 3. The van der Waals surface area contributed by atoms with E-state index in [1.54, 1.807) is 22.7 Å². The second-order valence-corrected chi connectivity index (χ2v) is 9.44. The van der Waals surface area contributed by atoms with Crippen LogP contribution < -0.4 is 5.56 Å². The molecular formula is C24H22BrN3O2S. The van der Waals surface area contributed by atoms with Gasteiger partial charge in [-0.3, -0.25) is 9.36 Å². The van der Waals surface area contributed by atoms with Crippen molar-refractivity contribution in [2.75, 3.05) is 19.5 Å². The van der Waals surface area contributed by atoms with Crippen molar-refractivity contribution in [3.8, 4) is 0 Å². The van der Waals surface area contributed by atoms with Gasteiger partial charge >= 0.3 is 0 Å². The molecule has 0 radical (unpaired) electrons. The molecule has 1 fully saturated rings. The van der Waals surface area contributed by atoms with Gasteiger partial charge < -0.3 is 4.74 Å². The minimum atomic E-state index is 0.0286. The highest BCUT2D eigenvalue weighted by molar-refractivity contribution is 9.10. The normalized spacial score (nSPS) is 15.0. The quantitative estimate of drug-likeness (QED) is 0.281. The summed E-state index contributed by atoms with van der Waals surface area (Å²) in [5, 5.41) is 3.78. The summed E-state index contributed by atoms with van der Waals surface area (Å²) in [6.07, 6.45) is 8.03. The van der Waals surface area contributed by atoms with Crippen LogP contribution in [0, 0.1) is 0 Å². The van der Waals surface area contributed by atoms with Crippen molar-refractivity contribution in [3.05, 3.63) is 74.9 Å². The lowest BCUT2D eigenvalue weighted by Gasteiger charge is -2.24. The van der Waals surface area contributed by atoms with Gasteiger partial charge in [0.2, 0.25) is 0 Å². The van der Waals surface area contributed by atoms with Crippen molar-refractivity contribution < 1.29 is 4.74 Å². The van der Waals surface area contributed by atoms with E-state index in [4.69, 9.17) is 9.72 Å². The van der Waals surface area contributed by atoms with E-state index in [1.807, 2.05) is 30.7 Å². The Morgan fingerprint density at radius 3 is 2.65 bits per heavy atom. The summed E-state index contributed by atoms with van der Waals surface area (Å²) < 4.78 is 8.26. The lowest BCUT2D eigenvalue weighted by molar-refractivity contribution is 0.0685. The fourth-order valence-electron chi connectivity index (χ4n) is 4.35. The Balaban J connectivity index is 1.67. The van der Waals surface area contributed by atoms with Crippen LogP contribution in [0.3, 0.4) is 0 Å². The largest absolute Gasteiger partial charge is 0.381 e. The smallest absolute Gasteiger partial charge is 0.261 e. The third-order valence-corrected chi connectivity index (χ3v) is 7.49. The topological polar surface area (TPSA) is 57.0 Å². The van der Waals surface area contributed by atoms with E-state index >= 15 is 0 Å². The zero-order chi connectivity index (χ0) is 21.4. The van der Waals surface area contributed by atoms with Crippen LogP contribution in [-0.4, -0.2) is 34.0 Å². The van der Waals surface area contributed by atoms with Crippen LogP contribution in [0.15, 0.2) is 63.2 Å². The molecule has 0 bridgehead atoms. The van der Waals surface area contributed by atoms with E-state index in [0.29, 0.717) is 25.0 Å². The lowest BCUT2D eigenvalue weighted by atomic mass is 9.96.